The lowest BCUT2D eigenvalue weighted by Crippen LogP contribution is -2.48. The van der Waals surface area contributed by atoms with Crippen LogP contribution in [0.15, 0.2) is 42.6 Å². The molecule has 6 bridgehead atoms. The average molecular weight is 712 g/mol. The number of nitrogens with zero attached hydrogens (tertiary/aromatic N) is 5. The monoisotopic (exact) mass is 711 g/mol. The Morgan fingerprint density at radius 3 is 2.42 bits per heavy atom. The number of hydrogen-bond donors (Lipinski definition) is 6. The van der Waals surface area contributed by atoms with Gasteiger partial charge >= 0.3 is 5.97 Å². The van der Waals surface area contributed by atoms with Crippen LogP contribution in [-0.4, -0.2) is 105 Å². The molecule has 12 heteroatoms. The second-order valence-electron chi connectivity index (χ2n) is 14.5. The van der Waals surface area contributed by atoms with Crippen molar-refractivity contribution < 1.29 is 15.0 Å². The van der Waals surface area contributed by atoms with Gasteiger partial charge in [0.15, 0.2) is 0 Å². The first-order chi connectivity index (χ1) is 25.3. The lowest BCUT2D eigenvalue weighted by Gasteiger charge is -2.36. The number of benzene rings is 2. The van der Waals surface area contributed by atoms with Crippen molar-refractivity contribution in [3.8, 4) is 5.75 Å². The Kier molecular flexibility index (Phi) is 12.5. The molecule has 1 saturated carbocycles. The second kappa shape index (κ2) is 17.4. The summed E-state index contributed by atoms with van der Waals surface area (Å²) in [5.74, 6) is 0.193. The van der Waals surface area contributed by atoms with E-state index in [1.54, 1.807) is 18.3 Å². The largest absolute Gasteiger partial charge is 0.507 e. The SMILES string of the molecule is CCN(CC)CCCCCNc1nc2nc3ccc(cc13)NC1CCC(CN(CC)CCCCCNc3cc(O)c(C(=O)O)c4cccnc34)(C1)N2. The number of aromatic nitrogens is 3. The molecule has 52 heavy (non-hydrogen) atoms. The zero-order chi connectivity index (χ0) is 36.5. The van der Waals surface area contributed by atoms with E-state index in [4.69, 9.17) is 9.97 Å². The fraction of sp³-hybridized carbons (Fsp3) is 0.550. The highest BCUT2D eigenvalue weighted by Gasteiger charge is 2.41. The summed E-state index contributed by atoms with van der Waals surface area (Å²) in [5, 5.41) is 36.3. The molecule has 0 spiro atoms. The highest BCUT2D eigenvalue weighted by atomic mass is 16.4. The maximum Gasteiger partial charge on any atom is 0.340 e. The van der Waals surface area contributed by atoms with E-state index in [1.807, 2.05) is 0 Å². The van der Waals surface area contributed by atoms with Gasteiger partial charge in [0.05, 0.1) is 22.3 Å². The Hall–Kier alpha value is -4.42. The molecule has 6 N–H and O–H groups in total. The summed E-state index contributed by atoms with van der Waals surface area (Å²) in [7, 11) is 0. The summed E-state index contributed by atoms with van der Waals surface area (Å²) in [5.41, 5.74) is 3.04. The van der Waals surface area contributed by atoms with Crippen molar-refractivity contribution in [3.63, 3.8) is 0 Å². The minimum absolute atomic E-state index is 0.118. The van der Waals surface area contributed by atoms with Gasteiger partial charge in [0.25, 0.3) is 0 Å². The zero-order valence-corrected chi connectivity index (χ0v) is 31.2. The molecule has 2 aromatic heterocycles. The standard InChI is InChI=1S/C40H57N9O3/c1-4-48(5-2)22-11-8-10-20-43-37-31-24-28-15-16-32(31)45-39(46-37)47-40(18-17-29(26-40)44-28)27-49(6-3)23-12-7-9-19-41-33-25-34(50)35(38(51)52)30-14-13-21-42-36(30)33/h13-16,21,24-25,29,41,44,50H,4-12,17-20,22-23,26-27H2,1-3H3,(H,51,52)(H2,43,45,46,47). The Morgan fingerprint density at radius 2 is 1.67 bits per heavy atom. The van der Waals surface area contributed by atoms with Crippen molar-refractivity contribution >= 4 is 50.9 Å². The first-order valence-electron chi connectivity index (χ1n) is 19.4. The van der Waals surface area contributed by atoms with Crippen LogP contribution in [0.25, 0.3) is 21.8 Å². The molecule has 4 aromatic rings. The van der Waals surface area contributed by atoms with Crippen LogP contribution >= 0.6 is 0 Å². The third-order valence-electron chi connectivity index (χ3n) is 10.9. The van der Waals surface area contributed by atoms with E-state index in [1.165, 1.54) is 18.9 Å². The molecule has 2 unspecified atom stereocenters. The number of anilines is 4. The van der Waals surface area contributed by atoms with Crippen molar-refractivity contribution in [1.29, 1.82) is 0 Å². The molecule has 5 heterocycles. The third kappa shape index (κ3) is 8.95. The molecule has 3 aliphatic heterocycles. The topological polar surface area (TPSA) is 151 Å². The molecular formula is C40H57N9O3. The molecule has 12 nitrogen and oxygen atoms in total. The van der Waals surface area contributed by atoms with Crippen molar-refractivity contribution in [2.45, 2.75) is 90.1 Å². The van der Waals surface area contributed by atoms with E-state index in [-0.39, 0.29) is 16.9 Å². The van der Waals surface area contributed by atoms with Gasteiger partial charge in [-0.05, 0) is 102 Å². The Labute approximate surface area is 307 Å². The summed E-state index contributed by atoms with van der Waals surface area (Å²) in [6.07, 6.45) is 11.3. The van der Waals surface area contributed by atoms with Crippen molar-refractivity contribution in [2.24, 2.45) is 0 Å². The fourth-order valence-electron chi connectivity index (χ4n) is 8.05. The second-order valence-corrected chi connectivity index (χ2v) is 14.5. The van der Waals surface area contributed by atoms with Gasteiger partial charge in [-0.2, -0.15) is 4.98 Å². The quantitative estimate of drug-likeness (QED) is 0.0513. The summed E-state index contributed by atoms with van der Waals surface area (Å²) in [4.78, 5) is 31.3. The van der Waals surface area contributed by atoms with E-state index >= 15 is 0 Å². The number of carboxylic acid groups (broad SMARTS) is 1. The lowest BCUT2D eigenvalue weighted by molar-refractivity contribution is 0.0696. The number of carbonyl (C=O) groups is 1. The Balaban J connectivity index is 1.04. The van der Waals surface area contributed by atoms with Gasteiger partial charge in [-0.3, -0.25) is 4.98 Å². The van der Waals surface area contributed by atoms with Gasteiger partial charge in [0.2, 0.25) is 5.95 Å². The summed E-state index contributed by atoms with van der Waals surface area (Å²) in [6, 6.07) is 11.7. The van der Waals surface area contributed by atoms with Crippen LogP contribution < -0.4 is 21.3 Å². The summed E-state index contributed by atoms with van der Waals surface area (Å²) in [6.45, 7) is 14.6. The highest BCUT2D eigenvalue weighted by Crippen LogP contribution is 2.38. The van der Waals surface area contributed by atoms with Crippen LogP contribution in [0.5, 0.6) is 5.75 Å². The van der Waals surface area contributed by atoms with Crippen molar-refractivity contribution in [1.82, 2.24) is 24.8 Å². The van der Waals surface area contributed by atoms with E-state index in [9.17, 15) is 15.0 Å². The van der Waals surface area contributed by atoms with Gasteiger partial charge in [-0.25, -0.2) is 9.78 Å². The van der Waals surface area contributed by atoms with E-state index < -0.39 is 5.97 Å². The molecule has 2 aromatic carbocycles. The van der Waals surface area contributed by atoms with Crippen LogP contribution in [0.2, 0.25) is 0 Å². The lowest BCUT2D eigenvalue weighted by atomic mass is 9.96. The molecule has 2 atom stereocenters. The molecular weight excluding hydrogens is 655 g/mol. The minimum Gasteiger partial charge on any atom is -0.507 e. The van der Waals surface area contributed by atoms with E-state index in [0.29, 0.717) is 35.1 Å². The molecule has 1 fully saturated rings. The van der Waals surface area contributed by atoms with Crippen LogP contribution in [0.1, 0.15) is 88.9 Å². The summed E-state index contributed by atoms with van der Waals surface area (Å²) >= 11 is 0. The number of unbranched alkanes of at least 4 members (excludes halogenated alkanes) is 4. The van der Waals surface area contributed by atoms with E-state index in [2.05, 4.69) is 75.0 Å². The number of phenols is 1. The van der Waals surface area contributed by atoms with Gasteiger partial charge in [0, 0.05) is 54.4 Å². The maximum absolute atomic E-state index is 11.7. The van der Waals surface area contributed by atoms with Crippen LogP contribution in [0.4, 0.5) is 23.1 Å². The first-order valence-corrected chi connectivity index (χ1v) is 19.4. The van der Waals surface area contributed by atoms with Crippen molar-refractivity contribution in [2.75, 3.05) is 73.6 Å². The smallest absolute Gasteiger partial charge is 0.340 e. The minimum atomic E-state index is -1.17. The number of carboxylic acids is 1. The normalized spacial score (nSPS) is 18.0. The average Bonchev–Trinajstić information content (AvgIpc) is 3.50. The van der Waals surface area contributed by atoms with E-state index in [0.717, 1.165) is 113 Å². The number of likely N-dealkylation sites (N-methyl/N-ethyl adjacent to an activating group) is 1. The zero-order valence-electron chi connectivity index (χ0n) is 31.2. The highest BCUT2D eigenvalue weighted by molar-refractivity contribution is 6.08. The molecule has 0 amide bonds. The predicted octanol–water partition coefficient (Wildman–Crippen LogP) is 7.24. The molecule has 8 rings (SSSR count). The molecule has 280 valence electrons. The number of rotatable bonds is 20. The number of pyridine rings is 1. The van der Waals surface area contributed by atoms with Gasteiger partial charge in [-0.15, -0.1) is 0 Å². The maximum atomic E-state index is 11.7. The first kappa shape index (κ1) is 37.3. The van der Waals surface area contributed by atoms with Gasteiger partial charge in [-0.1, -0.05) is 39.7 Å². The number of fused-ring (bicyclic) bond motifs is 3. The van der Waals surface area contributed by atoms with Crippen LogP contribution in [0.3, 0.4) is 0 Å². The molecule has 1 aliphatic carbocycles. The molecule has 0 saturated heterocycles. The van der Waals surface area contributed by atoms with Gasteiger partial charge < -0.3 is 41.3 Å². The van der Waals surface area contributed by atoms with Crippen molar-refractivity contribution in [3.05, 3.63) is 48.2 Å². The number of nitrogens with one attached hydrogen (secondary N) is 4. The third-order valence-corrected chi connectivity index (χ3v) is 10.9. The number of hydrogen-bond acceptors (Lipinski definition) is 11. The molecule has 0 radical (unpaired) electrons. The van der Waals surface area contributed by atoms with Crippen LogP contribution in [-0.2, 0) is 0 Å². The number of aromatic hydroxyl groups is 1. The number of aromatic carboxylic acids is 1. The van der Waals surface area contributed by atoms with Gasteiger partial charge in [0.1, 0.15) is 17.1 Å². The fourth-order valence-corrected chi connectivity index (χ4v) is 8.05. The Bertz CT molecular complexity index is 1820. The van der Waals surface area contributed by atoms with Crippen LogP contribution in [0, 0.1) is 0 Å². The Morgan fingerprint density at radius 1 is 0.923 bits per heavy atom. The predicted molar refractivity (Wildman–Crippen MR) is 212 cm³/mol. The molecule has 4 aliphatic rings. The summed E-state index contributed by atoms with van der Waals surface area (Å²) < 4.78 is 0.